The minimum absolute atomic E-state index is 0.570. The molecule has 0 unspecified atom stereocenters. The van der Waals surface area contributed by atoms with Gasteiger partial charge in [0.1, 0.15) is 107 Å². The molecular weight excluding hydrogens is 1300 g/mol. The monoisotopic (exact) mass is 1340 g/mol. The number of carbonyl (C=O) groups is 16. The van der Waals surface area contributed by atoms with Crippen molar-refractivity contribution >= 4 is 96.5 Å². The molecule has 502 valence electrons. The van der Waals surface area contributed by atoms with Crippen molar-refractivity contribution in [3.05, 3.63) is 0 Å². The van der Waals surface area contributed by atoms with Gasteiger partial charge >= 0.3 is 96.5 Å². The molecule has 32 amide bonds. The molecule has 24 aliphatic rings. The lowest BCUT2D eigenvalue weighted by Crippen LogP contribution is -2.68. The summed E-state index contributed by atoms with van der Waals surface area (Å²) in [5.74, 6) is -2.78. The number of carbonyl (C=O) groups excluding carboxylic acids is 16. The SMILES string of the molecule is O=C1N2CN3C(=O)N4CN5C(=O)N6CN7C(=O)N8CN9C(=O)N%10CN%11C(=O)N%12CN%13C(=O)N%14CN%15C(=O)N%16CN1C1C2N2CN%17C(=O)N(CN%18C(=O)N(CN%19C(=O)N(CN%20C(=O)N(CN%21C(=O)N(CN%22C(=O)N(CN%23C(=O)N(CN1C2=O)C%16C%15%23)C%14C%13%22)C%12C%11%21)C%10(O)C9%20)C8C7%19)C6C5%18)C4C3%17. The van der Waals surface area contributed by atoms with Crippen LogP contribution < -0.4 is 0 Å². The molecule has 1 N–H and O–H groups in total. The van der Waals surface area contributed by atoms with Crippen LogP contribution in [-0.2, 0) is 0 Å². The first kappa shape index (κ1) is 50.7. The van der Waals surface area contributed by atoms with Crippen molar-refractivity contribution in [1.29, 1.82) is 0 Å². The fraction of sp³-hybridized carbons (Fsp3) is 0.667. The predicted octanol–water partition coefficient (Wildman–Crippen LogP) is -8.23. The van der Waals surface area contributed by atoms with E-state index in [1.807, 2.05) is 0 Å². The Balaban J connectivity index is 0.664. The zero-order chi connectivity index (χ0) is 65.2. The highest BCUT2D eigenvalue weighted by atomic mass is 16.4. The van der Waals surface area contributed by atoms with Gasteiger partial charge in [-0.3, -0.25) is 157 Å². The van der Waals surface area contributed by atoms with Gasteiger partial charge in [0.15, 0.2) is 92.5 Å². The van der Waals surface area contributed by atoms with Crippen molar-refractivity contribution in [2.75, 3.05) is 107 Å². The maximum atomic E-state index is 15.6. The summed E-state index contributed by atoms with van der Waals surface area (Å²) in [6.07, 6.45) is -20.3. The zero-order valence-electron chi connectivity index (χ0n) is 49.8. The van der Waals surface area contributed by atoms with Gasteiger partial charge < -0.3 is 5.11 Å². The smallest absolute Gasteiger partial charge is 0.328 e. The van der Waals surface area contributed by atoms with Gasteiger partial charge in [-0.15, -0.1) is 0 Å². The van der Waals surface area contributed by atoms with Gasteiger partial charge in [0, 0.05) is 0 Å². The number of hydrogen-bond donors (Lipinski definition) is 1. The van der Waals surface area contributed by atoms with E-state index in [-0.39, 0.29) is 0 Å². The summed E-state index contributed by atoms with van der Waals surface area (Å²) in [7, 11) is 0. The van der Waals surface area contributed by atoms with Crippen molar-refractivity contribution in [3.8, 4) is 0 Å². The Kier molecular flexibility index (Phi) is 7.70. The Morgan fingerprint density at radius 2 is 0.268 bits per heavy atom. The lowest BCUT2D eigenvalue weighted by Gasteiger charge is -2.45. The topological polar surface area (TPSA) is 397 Å². The second-order valence-corrected chi connectivity index (χ2v) is 28.6. The van der Waals surface area contributed by atoms with Gasteiger partial charge in [-0.2, -0.15) is 0 Å². The Bertz CT molecular complexity index is 3990. The van der Waals surface area contributed by atoms with Crippen molar-refractivity contribution in [3.63, 3.8) is 0 Å². The maximum Gasteiger partial charge on any atom is 0.328 e. The van der Waals surface area contributed by atoms with Crippen LogP contribution in [0.2, 0.25) is 0 Å². The Labute approximate surface area is 538 Å². The zero-order valence-corrected chi connectivity index (χ0v) is 49.8. The molecule has 0 bridgehead atoms. The van der Waals surface area contributed by atoms with Gasteiger partial charge in [0.05, 0.1) is 0 Å². The first-order valence-corrected chi connectivity index (χ1v) is 31.6. The van der Waals surface area contributed by atoms with E-state index in [1.54, 1.807) is 0 Å². The van der Waals surface area contributed by atoms with Crippen molar-refractivity contribution in [2.24, 2.45) is 0 Å². The average molecular weight is 1350 g/mol. The van der Waals surface area contributed by atoms with Crippen molar-refractivity contribution < 1.29 is 81.8 Å². The quantitative estimate of drug-likeness (QED) is 0.235. The first-order valence-electron chi connectivity index (χ1n) is 31.6. The Morgan fingerprint density at radius 3 is 0.392 bits per heavy atom. The molecule has 0 aromatic carbocycles. The minimum Gasteiger partial charge on any atom is -0.350 e. The summed E-state index contributed by atoms with van der Waals surface area (Å²) in [5.41, 5.74) is 0. The van der Waals surface area contributed by atoms with Gasteiger partial charge in [0.25, 0.3) is 5.85 Å². The largest absolute Gasteiger partial charge is 0.350 e. The van der Waals surface area contributed by atoms with E-state index in [2.05, 4.69) is 0 Å². The van der Waals surface area contributed by atoms with E-state index in [9.17, 15) is 5.11 Å². The summed E-state index contributed by atoms with van der Waals surface area (Å²) in [5, 5.41) is 13.5. The molecule has 0 saturated carbocycles. The van der Waals surface area contributed by atoms with E-state index in [0.29, 0.717) is 0 Å². The summed E-state index contributed by atoms with van der Waals surface area (Å²) in [6, 6.07) is -13.1. The minimum atomic E-state index is -2.78. The first-order chi connectivity index (χ1) is 46.7. The molecule has 24 aliphatic heterocycles. The van der Waals surface area contributed by atoms with Crippen LogP contribution in [-0.4, -0.2) is 463 Å². The highest BCUT2D eigenvalue weighted by Gasteiger charge is 2.80. The summed E-state index contributed by atoms with van der Waals surface area (Å²) >= 11 is 0. The fourth-order valence-corrected chi connectivity index (χ4v) is 21.4. The number of urea groups is 16. The van der Waals surface area contributed by atoms with Crippen LogP contribution in [0.4, 0.5) is 76.7 Å². The van der Waals surface area contributed by atoms with Crippen LogP contribution in [0.5, 0.6) is 0 Å². The van der Waals surface area contributed by atoms with Gasteiger partial charge in [-0.1, -0.05) is 0 Å². The molecule has 0 aromatic rings. The normalized spacial score (nSPS) is 40.8. The van der Waals surface area contributed by atoms with Crippen LogP contribution in [0.3, 0.4) is 0 Å². The third-order valence-corrected chi connectivity index (χ3v) is 25.2. The third-order valence-electron chi connectivity index (χ3n) is 25.2. The van der Waals surface area contributed by atoms with E-state index in [0.717, 1.165) is 29.4 Å². The molecule has 0 radical (unpaired) electrons. The lowest BCUT2D eigenvalue weighted by atomic mass is 10.2. The van der Waals surface area contributed by atoms with Crippen LogP contribution in [0.25, 0.3) is 0 Å². The predicted molar refractivity (Wildman–Crippen MR) is 285 cm³/mol. The molecule has 49 heteroatoms. The van der Waals surface area contributed by atoms with E-state index >= 15 is 76.7 Å². The molecule has 0 spiro atoms. The standard InChI is InChI=1S/C48H48N32O17/c81-32-49-1-53-19-20-57(34(53)83)5-61-23-24-65(38(61)87)9-69-27-28-73(42(69)91)13-77-31-48(97)79(46(77)95)15-75-30-29-71(44(75)93)11-67-26-25-63(40(67)89)7-59-22-21-55(36(59)85)3-51(32)18-17(49)50-2-54(19)35(84)58(20)6-62(23)39(88)66(24)10-70(27)43(92)74(28)14-78(31)47(96)80(48)16-76(30)45(94)72(29)12-68(26)41(90)64(25)8-60(22)37(86)56(21)4-52(18)33(50)82/h17-31,97H,1-16H2. The van der Waals surface area contributed by atoms with Crippen molar-refractivity contribution in [1.82, 2.24) is 157 Å². The van der Waals surface area contributed by atoms with Gasteiger partial charge in [0.2, 0.25) is 0 Å². The van der Waals surface area contributed by atoms with Crippen LogP contribution in [0.1, 0.15) is 0 Å². The fourth-order valence-electron chi connectivity index (χ4n) is 21.4. The lowest BCUT2D eigenvalue weighted by molar-refractivity contribution is -0.201. The summed E-state index contributed by atoms with van der Waals surface area (Å²) in [6.45, 7) is -10.2. The summed E-state index contributed by atoms with van der Waals surface area (Å²) in [4.78, 5) is 287. The van der Waals surface area contributed by atoms with E-state index < -0.39 is 302 Å². The average Bonchev–Trinajstić information content (AvgIpc) is 1.51. The van der Waals surface area contributed by atoms with Gasteiger partial charge in [-0.25, -0.2) is 76.7 Å². The number of nitrogens with zero attached hydrogens (tertiary/aromatic N) is 32. The van der Waals surface area contributed by atoms with Crippen LogP contribution in [0.15, 0.2) is 0 Å². The van der Waals surface area contributed by atoms with Crippen LogP contribution in [0, 0.1) is 0 Å². The highest BCUT2D eigenvalue weighted by molar-refractivity contribution is 5.96. The molecule has 24 heterocycles. The molecule has 0 aliphatic carbocycles. The second-order valence-electron chi connectivity index (χ2n) is 28.6. The molecule has 97 heavy (non-hydrogen) atoms. The second kappa shape index (κ2) is 14.7. The van der Waals surface area contributed by atoms with Crippen molar-refractivity contribution in [2.45, 2.75) is 98.3 Å². The number of hydrogen-bond acceptors (Lipinski definition) is 17. The molecule has 24 rings (SSSR count). The number of aliphatic hydroxyl groups is 1. The number of amides is 32. The third kappa shape index (κ3) is 4.76. The number of rotatable bonds is 0. The molecule has 0 atom stereocenters. The molecule has 0 aromatic heterocycles. The maximum absolute atomic E-state index is 15.6. The highest BCUT2D eigenvalue weighted by Crippen LogP contribution is 2.55. The molecular formula is C48H48N32O17. The van der Waals surface area contributed by atoms with E-state index in [1.165, 1.54) is 127 Å². The van der Waals surface area contributed by atoms with Crippen LogP contribution >= 0.6 is 0 Å². The van der Waals surface area contributed by atoms with E-state index in [4.69, 9.17) is 0 Å². The molecule has 24 fully saturated rings. The van der Waals surface area contributed by atoms with Gasteiger partial charge in [-0.05, 0) is 0 Å². The Hall–Kier alpha value is -11.7. The molecule has 49 nitrogen and oxygen atoms in total. The summed E-state index contributed by atoms with van der Waals surface area (Å²) < 4.78 is 0. The molecule has 24 saturated heterocycles. The Morgan fingerprint density at radius 1 is 0.165 bits per heavy atom.